The fraction of sp³-hybridized carbons (Fsp3) is 0.286. The Balaban J connectivity index is 2.57. The van der Waals surface area contributed by atoms with Gasteiger partial charge in [0.25, 0.3) is 0 Å². The molecule has 0 fully saturated rings. The molecule has 5 heteroatoms. The Labute approximate surface area is 115 Å². The maximum atomic E-state index is 11.1. The number of benzene rings is 1. The third kappa shape index (κ3) is 2.61. The number of aromatic nitrogens is 1. The van der Waals surface area contributed by atoms with Gasteiger partial charge >= 0.3 is 5.97 Å². The third-order valence-electron chi connectivity index (χ3n) is 2.89. The van der Waals surface area contributed by atoms with Crippen molar-refractivity contribution >= 4 is 17.3 Å². The second kappa shape index (κ2) is 5.40. The molecule has 1 aromatic carbocycles. The zero-order valence-corrected chi connectivity index (χ0v) is 11.9. The lowest BCUT2D eigenvalue weighted by atomic mass is 10.1. The van der Waals surface area contributed by atoms with Gasteiger partial charge in [0.1, 0.15) is 15.6 Å². The fourth-order valence-electron chi connectivity index (χ4n) is 1.85. The number of carbonyl (C=O) groups is 1. The van der Waals surface area contributed by atoms with E-state index in [0.717, 1.165) is 12.0 Å². The molecule has 0 saturated carbocycles. The highest BCUT2D eigenvalue weighted by molar-refractivity contribution is 7.17. The largest absolute Gasteiger partial charge is 0.496 e. The second-order valence-corrected chi connectivity index (χ2v) is 5.13. The number of carboxylic acid groups (broad SMARTS) is 1. The summed E-state index contributed by atoms with van der Waals surface area (Å²) in [5, 5.41) is 9.77. The molecule has 0 aliphatic heterocycles. The van der Waals surface area contributed by atoms with Crippen LogP contribution >= 0.6 is 11.3 Å². The first kappa shape index (κ1) is 13.5. The Hall–Kier alpha value is -1.88. The maximum Gasteiger partial charge on any atom is 0.347 e. The van der Waals surface area contributed by atoms with E-state index in [9.17, 15) is 4.79 Å². The summed E-state index contributed by atoms with van der Waals surface area (Å²) in [5.74, 6) is -0.227. The highest BCUT2D eigenvalue weighted by Gasteiger charge is 2.17. The summed E-state index contributed by atoms with van der Waals surface area (Å²) < 4.78 is 5.33. The molecule has 1 N–H and O–H groups in total. The van der Waals surface area contributed by atoms with Gasteiger partial charge in [-0.1, -0.05) is 13.0 Å². The molecule has 19 heavy (non-hydrogen) atoms. The van der Waals surface area contributed by atoms with Crippen LogP contribution in [0.3, 0.4) is 0 Å². The first-order valence-electron chi connectivity index (χ1n) is 5.94. The van der Waals surface area contributed by atoms with Gasteiger partial charge in [0, 0.05) is 0 Å². The summed E-state index contributed by atoms with van der Waals surface area (Å²) in [6.45, 7) is 3.78. The van der Waals surface area contributed by atoms with Gasteiger partial charge in [0.05, 0.1) is 18.4 Å². The van der Waals surface area contributed by atoms with Crippen molar-refractivity contribution in [3.8, 4) is 16.3 Å². The predicted octanol–water partition coefficient (Wildman–Crippen LogP) is 3.39. The molecule has 100 valence electrons. The molecule has 0 atom stereocenters. The summed E-state index contributed by atoms with van der Waals surface area (Å²) in [7, 11) is 1.60. The molecule has 0 unspecified atom stereocenters. The number of aromatic carboxylic acids is 1. The summed E-state index contributed by atoms with van der Waals surface area (Å²) in [4.78, 5) is 15.7. The van der Waals surface area contributed by atoms with Crippen molar-refractivity contribution in [3.05, 3.63) is 34.3 Å². The Morgan fingerprint density at radius 2 is 2.21 bits per heavy atom. The van der Waals surface area contributed by atoms with E-state index >= 15 is 0 Å². The number of hydrogen-bond acceptors (Lipinski definition) is 4. The van der Waals surface area contributed by atoms with Gasteiger partial charge in [-0.15, -0.1) is 11.3 Å². The number of aryl methyl sites for hydroxylation is 2. The number of ether oxygens (including phenoxy) is 1. The molecule has 1 aromatic heterocycles. The molecule has 0 bridgehead atoms. The van der Waals surface area contributed by atoms with Gasteiger partial charge in [-0.3, -0.25) is 0 Å². The smallest absolute Gasteiger partial charge is 0.347 e. The molecule has 0 aliphatic carbocycles. The van der Waals surface area contributed by atoms with E-state index in [1.165, 1.54) is 16.9 Å². The molecule has 4 nitrogen and oxygen atoms in total. The van der Waals surface area contributed by atoms with Crippen molar-refractivity contribution < 1.29 is 14.6 Å². The van der Waals surface area contributed by atoms with Gasteiger partial charge in [0.2, 0.25) is 0 Å². The zero-order valence-electron chi connectivity index (χ0n) is 11.1. The van der Waals surface area contributed by atoms with Gasteiger partial charge in [-0.25, -0.2) is 9.78 Å². The standard InChI is InChI=1S/C14H15NO3S/c1-4-9-5-6-11(18-3)10(7-9)13-15-8(2)12(19-13)14(16)17/h5-7H,4H2,1-3H3,(H,16,17). The first-order valence-corrected chi connectivity index (χ1v) is 6.76. The van der Waals surface area contributed by atoms with Crippen LogP contribution in [0.5, 0.6) is 5.75 Å². The van der Waals surface area contributed by atoms with E-state index in [4.69, 9.17) is 9.84 Å². The van der Waals surface area contributed by atoms with Crippen LogP contribution in [0.2, 0.25) is 0 Å². The zero-order chi connectivity index (χ0) is 14.0. The van der Waals surface area contributed by atoms with Crippen molar-refractivity contribution in [2.45, 2.75) is 20.3 Å². The average Bonchev–Trinajstić information content (AvgIpc) is 2.80. The van der Waals surface area contributed by atoms with Gasteiger partial charge in [0.15, 0.2) is 0 Å². The molecular weight excluding hydrogens is 262 g/mol. The second-order valence-electron chi connectivity index (χ2n) is 4.13. The predicted molar refractivity (Wildman–Crippen MR) is 75.2 cm³/mol. The molecule has 0 aliphatic rings. The van der Waals surface area contributed by atoms with Crippen molar-refractivity contribution in [1.82, 2.24) is 4.98 Å². The number of methoxy groups -OCH3 is 1. The minimum Gasteiger partial charge on any atom is -0.496 e. The maximum absolute atomic E-state index is 11.1. The number of rotatable bonds is 4. The normalized spacial score (nSPS) is 10.5. The number of thiazole rings is 1. The minimum absolute atomic E-state index is 0.277. The van der Waals surface area contributed by atoms with Crippen LogP contribution in [-0.4, -0.2) is 23.2 Å². The van der Waals surface area contributed by atoms with Crippen LogP contribution in [0, 0.1) is 6.92 Å². The lowest BCUT2D eigenvalue weighted by Crippen LogP contribution is -1.94. The molecule has 0 radical (unpaired) electrons. The van der Waals surface area contributed by atoms with E-state index < -0.39 is 5.97 Å². The van der Waals surface area contributed by atoms with Crippen LogP contribution in [-0.2, 0) is 6.42 Å². The van der Waals surface area contributed by atoms with Crippen LogP contribution in [0.15, 0.2) is 18.2 Å². The van der Waals surface area contributed by atoms with Gasteiger partial charge in [-0.2, -0.15) is 0 Å². The van der Waals surface area contributed by atoms with E-state index in [1.807, 2.05) is 18.2 Å². The molecule has 2 rings (SSSR count). The summed E-state index contributed by atoms with van der Waals surface area (Å²) in [5.41, 5.74) is 2.56. The third-order valence-corrected chi connectivity index (χ3v) is 4.07. The Kier molecular flexibility index (Phi) is 3.85. The van der Waals surface area contributed by atoms with Crippen LogP contribution < -0.4 is 4.74 Å². The minimum atomic E-state index is -0.938. The number of hydrogen-bond donors (Lipinski definition) is 1. The average molecular weight is 277 g/mol. The lowest BCUT2D eigenvalue weighted by Gasteiger charge is -2.07. The number of nitrogens with zero attached hydrogens (tertiary/aromatic N) is 1. The summed E-state index contributed by atoms with van der Waals surface area (Å²) in [6.07, 6.45) is 0.910. The Morgan fingerprint density at radius 1 is 1.47 bits per heavy atom. The van der Waals surface area contributed by atoms with Crippen LogP contribution in [0.25, 0.3) is 10.6 Å². The van der Waals surface area contributed by atoms with E-state index in [0.29, 0.717) is 16.5 Å². The van der Waals surface area contributed by atoms with E-state index in [1.54, 1.807) is 14.0 Å². The van der Waals surface area contributed by atoms with Crippen molar-refractivity contribution in [2.75, 3.05) is 7.11 Å². The SMILES string of the molecule is CCc1ccc(OC)c(-c2nc(C)c(C(=O)O)s2)c1. The number of carboxylic acids is 1. The van der Waals surface area contributed by atoms with Crippen LogP contribution in [0.4, 0.5) is 0 Å². The Morgan fingerprint density at radius 3 is 2.74 bits per heavy atom. The molecule has 1 heterocycles. The van der Waals surface area contributed by atoms with Crippen molar-refractivity contribution in [1.29, 1.82) is 0 Å². The summed E-state index contributed by atoms with van der Waals surface area (Å²) in [6, 6.07) is 5.90. The van der Waals surface area contributed by atoms with Crippen molar-refractivity contribution in [2.24, 2.45) is 0 Å². The lowest BCUT2D eigenvalue weighted by molar-refractivity contribution is 0.0701. The molecule has 0 saturated heterocycles. The highest BCUT2D eigenvalue weighted by Crippen LogP contribution is 2.35. The fourth-order valence-corrected chi connectivity index (χ4v) is 2.78. The molecular formula is C14H15NO3S. The summed E-state index contributed by atoms with van der Waals surface area (Å²) >= 11 is 1.18. The quantitative estimate of drug-likeness (QED) is 0.930. The molecule has 0 spiro atoms. The highest BCUT2D eigenvalue weighted by atomic mass is 32.1. The van der Waals surface area contributed by atoms with Crippen LogP contribution in [0.1, 0.15) is 27.9 Å². The van der Waals surface area contributed by atoms with E-state index in [-0.39, 0.29) is 4.88 Å². The monoisotopic (exact) mass is 277 g/mol. The van der Waals surface area contributed by atoms with Gasteiger partial charge < -0.3 is 9.84 Å². The van der Waals surface area contributed by atoms with Crippen molar-refractivity contribution in [3.63, 3.8) is 0 Å². The van der Waals surface area contributed by atoms with Gasteiger partial charge in [-0.05, 0) is 31.0 Å². The topological polar surface area (TPSA) is 59.4 Å². The Bertz CT molecular complexity index is 619. The first-order chi connectivity index (χ1) is 9.06. The molecule has 0 amide bonds. The van der Waals surface area contributed by atoms with E-state index in [2.05, 4.69) is 11.9 Å². The molecule has 2 aromatic rings.